The Kier molecular flexibility index (Phi) is 7.19. The summed E-state index contributed by atoms with van der Waals surface area (Å²) in [6.07, 6.45) is 1.51. The highest BCUT2D eigenvalue weighted by atomic mass is 16.6. The second kappa shape index (κ2) is 9.59. The molecule has 0 aromatic heterocycles. The van der Waals surface area contributed by atoms with Gasteiger partial charge in [-0.2, -0.15) is 10.1 Å². The Hall–Kier alpha value is -2.52. The zero-order chi connectivity index (χ0) is 28.3. The molecule has 2 aliphatic heterocycles. The summed E-state index contributed by atoms with van der Waals surface area (Å²) in [5.41, 5.74) is -1.17. The molecule has 2 heterocycles. The van der Waals surface area contributed by atoms with Crippen LogP contribution in [0.1, 0.15) is 102 Å². The third-order valence-electron chi connectivity index (χ3n) is 8.06. The number of carbonyl (C=O) groups excluding carboxylic acids is 2. The highest BCUT2D eigenvalue weighted by molar-refractivity contribution is 5.99. The Morgan fingerprint density at radius 2 is 0.921 bits per heavy atom. The van der Waals surface area contributed by atoms with Crippen LogP contribution < -0.4 is 0 Å². The second-order valence-electron chi connectivity index (χ2n) is 13.5. The predicted molar refractivity (Wildman–Crippen MR) is 144 cm³/mol. The van der Waals surface area contributed by atoms with Gasteiger partial charge >= 0.3 is 11.9 Å². The summed E-state index contributed by atoms with van der Waals surface area (Å²) < 4.78 is 11.7. The lowest BCUT2D eigenvalue weighted by Crippen LogP contribution is -2.60. The molecule has 208 valence electrons. The summed E-state index contributed by atoms with van der Waals surface area (Å²) in [6, 6.07) is 10.6. The summed E-state index contributed by atoms with van der Waals surface area (Å²) in [6.45, 7) is 15.5. The summed E-state index contributed by atoms with van der Waals surface area (Å²) in [7, 11) is 0. The van der Waals surface area contributed by atoms with Gasteiger partial charge in [-0.1, -0.05) is 12.1 Å². The van der Waals surface area contributed by atoms with E-state index < -0.39 is 34.1 Å². The lowest BCUT2D eigenvalue weighted by molar-refractivity contribution is -0.256. The number of benzene rings is 2. The third kappa shape index (κ3) is 5.59. The molecule has 0 bridgehead atoms. The van der Waals surface area contributed by atoms with E-state index in [9.17, 15) is 20.0 Å². The van der Waals surface area contributed by atoms with Crippen molar-refractivity contribution < 1.29 is 29.5 Å². The zero-order valence-corrected chi connectivity index (χ0v) is 23.9. The molecule has 0 atom stereocenters. The van der Waals surface area contributed by atoms with Crippen LogP contribution in [0.2, 0.25) is 0 Å². The Bertz CT molecular complexity index is 1100. The molecular weight excluding hydrogens is 484 g/mol. The van der Waals surface area contributed by atoms with Crippen molar-refractivity contribution in [2.24, 2.45) is 0 Å². The van der Waals surface area contributed by atoms with Crippen LogP contribution in [-0.2, 0) is 9.47 Å². The van der Waals surface area contributed by atoms with Crippen LogP contribution in [0.4, 0.5) is 0 Å². The Balaban J connectivity index is 1.45. The molecule has 8 nitrogen and oxygen atoms in total. The fraction of sp³-hybridized carbons (Fsp3) is 0.600. The number of hydrogen-bond donors (Lipinski definition) is 2. The molecule has 2 aliphatic rings. The van der Waals surface area contributed by atoms with E-state index in [2.05, 4.69) is 0 Å². The standard InChI is InChI=1S/C30H42N2O6/c1-27(2)15-23(16-28(3,4)31(27)35)37-25(33)21-11-9-20-14-22(12-10-19(20)13-21)26(34)38-24-17-29(5,6)32(36)30(7,8)18-24/h9-14,23-24,35-36H,15-18H2,1-8H3. The van der Waals surface area contributed by atoms with Crippen LogP contribution in [0, 0.1) is 0 Å². The summed E-state index contributed by atoms with van der Waals surface area (Å²) in [5.74, 6) is -0.808. The molecule has 8 heteroatoms. The molecule has 0 radical (unpaired) electrons. The van der Waals surface area contributed by atoms with Crippen LogP contribution in [0.15, 0.2) is 36.4 Å². The van der Waals surface area contributed by atoms with Gasteiger partial charge in [0.1, 0.15) is 12.2 Å². The van der Waals surface area contributed by atoms with Crippen molar-refractivity contribution in [2.75, 3.05) is 0 Å². The van der Waals surface area contributed by atoms with Crippen molar-refractivity contribution in [2.45, 2.75) is 115 Å². The average Bonchev–Trinajstić information content (AvgIpc) is 2.79. The van der Waals surface area contributed by atoms with Crippen molar-refractivity contribution in [1.29, 1.82) is 0 Å². The molecule has 0 saturated carbocycles. The number of nitrogens with zero attached hydrogens (tertiary/aromatic N) is 2. The van der Waals surface area contributed by atoms with Gasteiger partial charge in [-0.05, 0) is 90.4 Å². The maximum atomic E-state index is 13.0. The molecule has 0 amide bonds. The molecule has 38 heavy (non-hydrogen) atoms. The Morgan fingerprint density at radius 1 is 0.632 bits per heavy atom. The lowest BCUT2D eigenvalue weighted by atomic mass is 9.80. The molecule has 4 rings (SSSR count). The monoisotopic (exact) mass is 526 g/mol. The molecule has 2 saturated heterocycles. The lowest BCUT2D eigenvalue weighted by Gasteiger charge is -2.50. The van der Waals surface area contributed by atoms with Crippen LogP contribution in [-0.4, -0.2) is 66.8 Å². The fourth-order valence-corrected chi connectivity index (χ4v) is 6.46. The summed E-state index contributed by atoms with van der Waals surface area (Å²) in [5, 5.41) is 25.4. The molecule has 2 N–H and O–H groups in total. The molecule has 2 fully saturated rings. The fourth-order valence-electron chi connectivity index (χ4n) is 6.46. The van der Waals surface area contributed by atoms with E-state index in [1.54, 1.807) is 24.3 Å². The molecule has 2 aromatic carbocycles. The average molecular weight is 527 g/mol. The quantitative estimate of drug-likeness (QED) is 0.470. The number of ether oxygens (including phenoxy) is 2. The van der Waals surface area contributed by atoms with E-state index in [0.29, 0.717) is 36.8 Å². The predicted octanol–water partition coefficient (Wildman–Crippen LogP) is 5.98. The van der Waals surface area contributed by atoms with Crippen LogP contribution in [0.3, 0.4) is 0 Å². The normalized spacial score (nSPS) is 23.7. The van der Waals surface area contributed by atoms with Gasteiger partial charge in [0.05, 0.1) is 11.1 Å². The number of carbonyl (C=O) groups is 2. The molecule has 2 aromatic rings. The van der Waals surface area contributed by atoms with Gasteiger partial charge in [-0.25, -0.2) is 9.59 Å². The minimum atomic E-state index is -0.512. The first-order valence-electron chi connectivity index (χ1n) is 13.4. The van der Waals surface area contributed by atoms with Crippen molar-refractivity contribution in [3.63, 3.8) is 0 Å². The van der Waals surface area contributed by atoms with E-state index in [-0.39, 0.29) is 12.2 Å². The van der Waals surface area contributed by atoms with E-state index >= 15 is 0 Å². The smallest absolute Gasteiger partial charge is 0.338 e. The van der Waals surface area contributed by atoms with Gasteiger partial charge in [0.2, 0.25) is 0 Å². The van der Waals surface area contributed by atoms with Gasteiger partial charge in [-0.3, -0.25) is 0 Å². The highest BCUT2D eigenvalue weighted by Crippen LogP contribution is 2.39. The molecule has 0 unspecified atom stereocenters. The number of hydroxylamine groups is 4. The number of rotatable bonds is 4. The SMILES string of the molecule is CC1(C)CC(OC(=O)c2ccc3cc(C(=O)OC4CC(C)(C)N(O)C(C)(C)C4)ccc3c2)CC(C)(C)N1O. The van der Waals surface area contributed by atoms with Crippen LogP contribution in [0.5, 0.6) is 0 Å². The first-order chi connectivity index (χ1) is 17.4. The van der Waals surface area contributed by atoms with Crippen LogP contribution >= 0.6 is 0 Å². The van der Waals surface area contributed by atoms with E-state index in [1.165, 1.54) is 10.1 Å². The van der Waals surface area contributed by atoms with Gasteiger partial charge in [-0.15, -0.1) is 0 Å². The van der Waals surface area contributed by atoms with E-state index in [1.807, 2.05) is 67.5 Å². The first-order valence-corrected chi connectivity index (χ1v) is 13.4. The first kappa shape index (κ1) is 28.5. The van der Waals surface area contributed by atoms with E-state index in [0.717, 1.165) is 10.8 Å². The highest BCUT2D eigenvalue weighted by Gasteiger charge is 2.47. The van der Waals surface area contributed by atoms with Crippen molar-refractivity contribution in [1.82, 2.24) is 10.1 Å². The summed E-state index contributed by atoms with van der Waals surface area (Å²) in [4.78, 5) is 26.0. The molecular formula is C30H42N2O6. The zero-order valence-electron chi connectivity index (χ0n) is 23.9. The van der Waals surface area contributed by atoms with Gasteiger partial charge in [0.25, 0.3) is 0 Å². The minimum Gasteiger partial charge on any atom is -0.459 e. The van der Waals surface area contributed by atoms with Crippen molar-refractivity contribution in [3.8, 4) is 0 Å². The number of hydrogen-bond acceptors (Lipinski definition) is 8. The maximum Gasteiger partial charge on any atom is 0.338 e. The van der Waals surface area contributed by atoms with Gasteiger partial charge < -0.3 is 19.9 Å². The largest absolute Gasteiger partial charge is 0.459 e. The van der Waals surface area contributed by atoms with Gasteiger partial charge in [0, 0.05) is 47.8 Å². The van der Waals surface area contributed by atoms with E-state index in [4.69, 9.17) is 9.47 Å². The van der Waals surface area contributed by atoms with Crippen molar-refractivity contribution in [3.05, 3.63) is 47.5 Å². The van der Waals surface area contributed by atoms with Crippen molar-refractivity contribution >= 4 is 22.7 Å². The molecule has 0 spiro atoms. The topological polar surface area (TPSA) is 99.5 Å². The van der Waals surface area contributed by atoms with Crippen LogP contribution in [0.25, 0.3) is 10.8 Å². The minimum absolute atomic E-state index is 0.309. The van der Waals surface area contributed by atoms with Gasteiger partial charge in [0.15, 0.2) is 0 Å². The number of esters is 2. The number of fused-ring (bicyclic) bond motifs is 1. The Labute approximate surface area is 225 Å². The summed E-state index contributed by atoms with van der Waals surface area (Å²) >= 11 is 0. The Morgan fingerprint density at radius 3 is 1.21 bits per heavy atom. The second-order valence-corrected chi connectivity index (χ2v) is 13.5. The molecule has 0 aliphatic carbocycles. The number of piperidine rings is 2. The third-order valence-corrected chi connectivity index (χ3v) is 8.06. The maximum absolute atomic E-state index is 13.0.